The monoisotopic (exact) mass is 172 g/mol. The van der Waals surface area contributed by atoms with Crippen LogP contribution >= 0.6 is 24.0 Å². The number of carbonyl (C=O) groups is 1. The Balaban J connectivity index is 3.03. The first-order chi connectivity index (χ1) is 4.77. The molecule has 1 aromatic heterocycles. The molecule has 0 bridgehead atoms. The van der Waals surface area contributed by atoms with Crippen molar-refractivity contribution >= 4 is 30.3 Å². The molecule has 0 saturated carbocycles. The van der Waals surface area contributed by atoms with E-state index in [4.69, 9.17) is 0 Å². The largest absolute Gasteiger partial charge is 0.298 e. The normalized spacial score (nSPS) is 9.80. The van der Waals surface area contributed by atoms with Crippen molar-refractivity contribution in [3.8, 4) is 0 Å². The van der Waals surface area contributed by atoms with Crippen molar-refractivity contribution in [2.75, 3.05) is 0 Å². The lowest BCUT2D eigenvalue weighted by Gasteiger charge is -1.79. The Kier molecular flexibility index (Phi) is 2.51. The molecule has 0 atom stereocenters. The van der Waals surface area contributed by atoms with Crippen LogP contribution in [-0.2, 0) is 6.42 Å². The van der Waals surface area contributed by atoms with Gasteiger partial charge in [0.1, 0.15) is 0 Å². The highest BCUT2D eigenvalue weighted by Crippen LogP contribution is 2.24. The van der Waals surface area contributed by atoms with Gasteiger partial charge in [0.25, 0.3) is 0 Å². The van der Waals surface area contributed by atoms with Gasteiger partial charge in [0.15, 0.2) is 6.29 Å². The summed E-state index contributed by atoms with van der Waals surface area (Å²) >= 11 is 5.71. The first-order valence-electron chi connectivity index (χ1n) is 3.04. The molecule has 3 heteroatoms. The maximum absolute atomic E-state index is 10.3. The molecule has 0 aliphatic carbocycles. The summed E-state index contributed by atoms with van der Waals surface area (Å²) in [5, 5.41) is 0. The van der Waals surface area contributed by atoms with Crippen LogP contribution < -0.4 is 0 Å². The van der Waals surface area contributed by atoms with Gasteiger partial charge in [-0.1, -0.05) is 6.92 Å². The van der Waals surface area contributed by atoms with Gasteiger partial charge < -0.3 is 0 Å². The highest BCUT2D eigenvalue weighted by Gasteiger charge is 2.02. The van der Waals surface area contributed by atoms with Crippen LogP contribution in [-0.4, -0.2) is 6.29 Å². The molecule has 0 amide bonds. The number of aldehydes is 1. The van der Waals surface area contributed by atoms with Crippen molar-refractivity contribution in [2.24, 2.45) is 0 Å². The van der Waals surface area contributed by atoms with Crippen molar-refractivity contribution in [1.82, 2.24) is 0 Å². The maximum atomic E-state index is 10.3. The van der Waals surface area contributed by atoms with E-state index in [0.29, 0.717) is 5.56 Å². The highest BCUT2D eigenvalue weighted by atomic mass is 32.2. The number of thiol groups is 1. The number of rotatable bonds is 2. The summed E-state index contributed by atoms with van der Waals surface area (Å²) in [7, 11) is 0. The fourth-order valence-corrected chi connectivity index (χ4v) is 1.98. The van der Waals surface area contributed by atoms with Gasteiger partial charge in [-0.2, -0.15) is 0 Å². The topological polar surface area (TPSA) is 17.1 Å². The van der Waals surface area contributed by atoms with E-state index in [0.717, 1.165) is 16.9 Å². The second-order valence-corrected chi connectivity index (χ2v) is 3.83. The zero-order valence-corrected chi connectivity index (χ0v) is 7.34. The van der Waals surface area contributed by atoms with Crippen molar-refractivity contribution in [3.63, 3.8) is 0 Å². The summed E-state index contributed by atoms with van der Waals surface area (Å²) in [6.07, 6.45) is 1.82. The molecule has 0 aromatic carbocycles. The smallest absolute Gasteiger partial charge is 0.152 e. The second-order valence-electron chi connectivity index (χ2n) is 1.94. The van der Waals surface area contributed by atoms with Gasteiger partial charge in [-0.3, -0.25) is 4.79 Å². The number of aryl methyl sites for hydroxylation is 1. The van der Waals surface area contributed by atoms with Crippen LogP contribution in [0.2, 0.25) is 0 Å². The van der Waals surface area contributed by atoms with Gasteiger partial charge in [-0.05, 0) is 12.5 Å². The van der Waals surface area contributed by atoms with E-state index >= 15 is 0 Å². The van der Waals surface area contributed by atoms with E-state index in [1.54, 1.807) is 11.3 Å². The Hall–Kier alpha value is -0.280. The Bertz CT molecular complexity index is 240. The van der Waals surface area contributed by atoms with Crippen LogP contribution in [0.4, 0.5) is 0 Å². The predicted octanol–water partition coefficient (Wildman–Crippen LogP) is 2.41. The fraction of sp³-hybridized carbons (Fsp3) is 0.286. The molecule has 1 aromatic rings. The van der Waals surface area contributed by atoms with Crippen LogP contribution in [0.1, 0.15) is 22.2 Å². The van der Waals surface area contributed by atoms with Gasteiger partial charge >= 0.3 is 0 Å². The van der Waals surface area contributed by atoms with Gasteiger partial charge in [0.05, 0.1) is 4.21 Å². The predicted molar refractivity (Wildman–Crippen MR) is 46.3 cm³/mol. The number of hydrogen-bond acceptors (Lipinski definition) is 3. The van der Waals surface area contributed by atoms with E-state index in [1.807, 2.05) is 6.07 Å². The summed E-state index contributed by atoms with van der Waals surface area (Å²) in [5.41, 5.74) is 0.713. The zero-order chi connectivity index (χ0) is 7.56. The summed E-state index contributed by atoms with van der Waals surface area (Å²) in [6, 6.07) is 1.89. The summed E-state index contributed by atoms with van der Waals surface area (Å²) in [6.45, 7) is 2.06. The lowest BCUT2D eigenvalue weighted by Crippen LogP contribution is -1.72. The minimum Gasteiger partial charge on any atom is -0.298 e. The molecule has 1 heterocycles. The van der Waals surface area contributed by atoms with Crippen molar-refractivity contribution < 1.29 is 4.79 Å². The molecule has 0 spiro atoms. The molecule has 10 heavy (non-hydrogen) atoms. The third-order valence-corrected chi connectivity index (χ3v) is 2.90. The number of carbonyl (C=O) groups excluding carboxylic acids is 1. The number of thiophene rings is 1. The lowest BCUT2D eigenvalue weighted by molar-refractivity contribution is 0.112. The molecule has 1 rings (SSSR count). The molecule has 0 radical (unpaired) electrons. The molecule has 0 unspecified atom stereocenters. The van der Waals surface area contributed by atoms with Crippen molar-refractivity contribution in [1.29, 1.82) is 0 Å². The van der Waals surface area contributed by atoms with Crippen LogP contribution in [0.15, 0.2) is 10.3 Å². The van der Waals surface area contributed by atoms with E-state index in [-0.39, 0.29) is 0 Å². The van der Waals surface area contributed by atoms with Gasteiger partial charge in [0.2, 0.25) is 0 Å². The molecule has 54 valence electrons. The molecule has 1 nitrogen and oxygen atoms in total. The van der Waals surface area contributed by atoms with Crippen molar-refractivity contribution in [2.45, 2.75) is 17.6 Å². The molecular formula is C7H8OS2. The van der Waals surface area contributed by atoms with Crippen molar-refractivity contribution in [3.05, 3.63) is 16.5 Å². The van der Waals surface area contributed by atoms with E-state index in [2.05, 4.69) is 19.6 Å². The molecule has 0 aliphatic rings. The molecule has 0 fully saturated rings. The molecule has 0 saturated heterocycles. The van der Waals surface area contributed by atoms with Crippen LogP contribution in [0.5, 0.6) is 0 Å². The quantitative estimate of drug-likeness (QED) is 0.535. The Morgan fingerprint density at radius 1 is 1.80 bits per heavy atom. The fourth-order valence-electron chi connectivity index (χ4n) is 0.706. The van der Waals surface area contributed by atoms with E-state index < -0.39 is 0 Å². The van der Waals surface area contributed by atoms with Crippen LogP contribution in [0.3, 0.4) is 0 Å². The average molecular weight is 172 g/mol. The number of hydrogen-bond donors (Lipinski definition) is 1. The maximum Gasteiger partial charge on any atom is 0.152 e. The third-order valence-electron chi connectivity index (χ3n) is 1.27. The molecular weight excluding hydrogens is 164 g/mol. The van der Waals surface area contributed by atoms with Crippen LogP contribution in [0, 0.1) is 0 Å². The SMILES string of the molecule is CCc1cc(C=O)c(S)s1. The van der Waals surface area contributed by atoms with Gasteiger partial charge in [-0.15, -0.1) is 24.0 Å². The zero-order valence-electron chi connectivity index (χ0n) is 5.63. The summed E-state index contributed by atoms with van der Waals surface area (Å²) in [5.74, 6) is 0. The standard InChI is InChI=1S/C7H8OS2/c1-2-6-3-5(4-8)7(9)10-6/h3-4,9H,2H2,1H3. The summed E-state index contributed by atoms with van der Waals surface area (Å²) < 4.78 is 0.826. The average Bonchev–Trinajstić information content (AvgIpc) is 2.30. The Morgan fingerprint density at radius 2 is 2.50 bits per heavy atom. The minimum absolute atomic E-state index is 0.713. The lowest BCUT2D eigenvalue weighted by atomic mass is 10.3. The molecule has 0 N–H and O–H groups in total. The van der Waals surface area contributed by atoms with E-state index in [1.165, 1.54) is 4.88 Å². The first-order valence-corrected chi connectivity index (χ1v) is 4.31. The van der Waals surface area contributed by atoms with Gasteiger partial charge in [-0.25, -0.2) is 0 Å². The van der Waals surface area contributed by atoms with Gasteiger partial charge in [0, 0.05) is 10.4 Å². The van der Waals surface area contributed by atoms with Crippen LogP contribution in [0.25, 0.3) is 0 Å². The first kappa shape index (κ1) is 7.82. The highest BCUT2D eigenvalue weighted by molar-refractivity contribution is 7.83. The Labute approximate surface area is 69.5 Å². The minimum atomic E-state index is 0.713. The Morgan fingerprint density at radius 3 is 2.80 bits per heavy atom. The van der Waals surface area contributed by atoms with E-state index in [9.17, 15) is 4.79 Å². The molecule has 0 aliphatic heterocycles. The third kappa shape index (κ3) is 1.41. The second kappa shape index (κ2) is 3.21. The summed E-state index contributed by atoms with van der Waals surface area (Å²) in [4.78, 5) is 11.5.